The molecule has 18 heavy (non-hydrogen) atoms. The summed E-state index contributed by atoms with van der Waals surface area (Å²) >= 11 is 0. The van der Waals surface area contributed by atoms with Crippen LogP contribution in [-0.4, -0.2) is 41.0 Å². The van der Waals surface area contributed by atoms with Crippen molar-refractivity contribution in [2.75, 3.05) is 26.2 Å². The van der Waals surface area contributed by atoms with Gasteiger partial charge in [0.05, 0.1) is 6.04 Å². The third-order valence-electron chi connectivity index (χ3n) is 3.10. The van der Waals surface area contributed by atoms with E-state index in [1.165, 1.54) is 0 Å². The topological polar surface area (TPSA) is 61.0 Å². The second-order valence-electron chi connectivity index (χ2n) is 4.32. The Balaban J connectivity index is 2.23. The zero-order valence-electron chi connectivity index (χ0n) is 10.1. The van der Waals surface area contributed by atoms with Crippen molar-refractivity contribution in [3.63, 3.8) is 0 Å². The first kappa shape index (κ1) is 13.1. The molecule has 0 bridgehead atoms. The van der Waals surface area contributed by atoms with Crippen molar-refractivity contribution < 1.29 is 8.78 Å². The lowest BCUT2D eigenvalue weighted by Gasteiger charge is -2.32. The van der Waals surface area contributed by atoms with Crippen LogP contribution in [0.15, 0.2) is 10.9 Å². The Morgan fingerprint density at radius 3 is 2.67 bits per heavy atom. The minimum Gasteiger partial charge on any atom is -0.314 e. The van der Waals surface area contributed by atoms with Gasteiger partial charge in [0.2, 0.25) is 0 Å². The Hall–Kier alpha value is -1.34. The summed E-state index contributed by atoms with van der Waals surface area (Å²) in [6, 6.07) is 0.678. The second-order valence-corrected chi connectivity index (χ2v) is 4.32. The Kier molecular flexibility index (Phi) is 4.03. The average molecular weight is 258 g/mol. The van der Waals surface area contributed by atoms with Crippen LogP contribution in [0.3, 0.4) is 0 Å². The summed E-state index contributed by atoms with van der Waals surface area (Å²) in [7, 11) is 0. The molecule has 7 heteroatoms. The van der Waals surface area contributed by atoms with Gasteiger partial charge in [-0.2, -0.15) is 0 Å². The van der Waals surface area contributed by atoms with Crippen LogP contribution in [0.2, 0.25) is 0 Å². The Labute approximate surface area is 103 Å². The number of nitrogens with one attached hydrogen (secondary N) is 2. The molecule has 0 radical (unpaired) electrons. The molecule has 1 atom stereocenters. The molecule has 0 spiro atoms. The molecule has 100 valence electrons. The SMILES string of the molecule is CC(c1nc(C(F)F)cc(=O)[nH]1)N1CCNCC1. The van der Waals surface area contributed by atoms with Gasteiger partial charge in [0.25, 0.3) is 12.0 Å². The lowest BCUT2D eigenvalue weighted by molar-refractivity contribution is 0.142. The minimum atomic E-state index is -2.72. The first-order chi connectivity index (χ1) is 8.58. The van der Waals surface area contributed by atoms with E-state index in [2.05, 4.69) is 20.2 Å². The quantitative estimate of drug-likeness (QED) is 0.836. The number of aromatic amines is 1. The highest BCUT2D eigenvalue weighted by atomic mass is 19.3. The van der Waals surface area contributed by atoms with Crippen molar-refractivity contribution >= 4 is 0 Å². The molecule has 1 aliphatic heterocycles. The predicted molar refractivity (Wildman–Crippen MR) is 62.7 cm³/mol. The summed E-state index contributed by atoms with van der Waals surface area (Å²) < 4.78 is 25.2. The standard InChI is InChI=1S/C11H16F2N4O/c1-7(17-4-2-14-3-5-17)11-15-8(10(12)13)6-9(18)16-11/h6-7,10,14H,2-5H2,1H3,(H,15,16,18). The normalized spacial score (nSPS) is 19.1. The molecule has 2 rings (SSSR count). The molecule has 2 N–H and O–H groups in total. The van der Waals surface area contributed by atoms with Crippen molar-refractivity contribution in [2.45, 2.75) is 19.4 Å². The Morgan fingerprint density at radius 1 is 1.39 bits per heavy atom. The summed E-state index contributed by atoms with van der Waals surface area (Å²) in [6.45, 7) is 5.18. The molecular formula is C11H16F2N4O. The largest absolute Gasteiger partial charge is 0.314 e. The number of hydrogen-bond acceptors (Lipinski definition) is 4. The van der Waals surface area contributed by atoms with Gasteiger partial charge in [-0.25, -0.2) is 13.8 Å². The van der Waals surface area contributed by atoms with Gasteiger partial charge in [-0.3, -0.25) is 9.69 Å². The number of rotatable bonds is 3. The molecule has 1 unspecified atom stereocenters. The van der Waals surface area contributed by atoms with Crippen molar-refractivity contribution in [2.24, 2.45) is 0 Å². The number of nitrogens with zero attached hydrogens (tertiary/aromatic N) is 2. The molecule has 1 aromatic heterocycles. The van der Waals surface area contributed by atoms with Crippen molar-refractivity contribution in [3.8, 4) is 0 Å². The zero-order valence-corrected chi connectivity index (χ0v) is 10.1. The van der Waals surface area contributed by atoms with Gasteiger partial charge in [-0.05, 0) is 6.92 Å². The molecule has 0 aliphatic carbocycles. The molecule has 0 aromatic carbocycles. The van der Waals surface area contributed by atoms with E-state index in [0.717, 1.165) is 32.2 Å². The van der Waals surface area contributed by atoms with Gasteiger partial charge >= 0.3 is 0 Å². The summed E-state index contributed by atoms with van der Waals surface area (Å²) in [6.07, 6.45) is -2.72. The van der Waals surface area contributed by atoms with Crippen molar-refractivity contribution in [3.05, 3.63) is 27.9 Å². The van der Waals surface area contributed by atoms with Crippen LogP contribution >= 0.6 is 0 Å². The summed E-state index contributed by atoms with van der Waals surface area (Å²) in [5, 5.41) is 3.21. The fourth-order valence-electron chi connectivity index (χ4n) is 2.05. The molecule has 0 saturated carbocycles. The van der Waals surface area contributed by atoms with E-state index in [0.29, 0.717) is 5.82 Å². The molecule has 1 aromatic rings. The first-order valence-electron chi connectivity index (χ1n) is 5.92. The predicted octanol–water partition coefficient (Wildman–Crippen LogP) is 0.674. The van der Waals surface area contributed by atoms with Crippen LogP contribution in [0.25, 0.3) is 0 Å². The van der Waals surface area contributed by atoms with Gasteiger partial charge in [0, 0.05) is 32.2 Å². The van der Waals surface area contributed by atoms with Crippen LogP contribution in [-0.2, 0) is 0 Å². The van der Waals surface area contributed by atoms with E-state index in [-0.39, 0.29) is 6.04 Å². The zero-order chi connectivity index (χ0) is 13.1. The Bertz CT molecular complexity index is 457. The first-order valence-corrected chi connectivity index (χ1v) is 5.92. The second kappa shape index (κ2) is 5.53. The molecular weight excluding hydrogens is 242 g/mol. The van der Waals surface area contributed by atoms with Crippen LogP contribution < -0.4 is 10.9 Å². The summed E-state index contributed by atoms with van der Waals surface area (Å²) in [5.41, 5.74) is -0.993. The highest BCUT2D eigenvalue weighted by Crippen LogP contribution is 2.19. The highest BCUT2D eigenvalue weighted by molar-refractivity contribution is 5.06. The van der Waals surface area contributed by atoms with Crippen LogP contribution in [0.1, 0.15) is 30.9 Å². The molecule has 1 aliphatic rings. The monoisotopic (exact) mass is 258 g/mol. The van der Waals surface area contributed by atoms with Crippen LogP contribution in [0, 0.1) is 0 Å². The van der Waals surface area contributed by atoms with E-state index in [1.807, 2.05) is 6.92 Å². The number of halogens is 2. The summed E-state index contributed by atoms with van der Waals surface area (Å²) in [4.78, 5) is 19.8. The number of aromatic nitrogens is 2. The minimum absolute atomic E-state index is 0.168. The third-order valence-corrected chi connectivity index (χ3v) is 3.10. The van der Waals surface area contributed by atoms with Gasteiger partial charge in [0.15, 0.2) is 0 Å². The smallest absolute Gasteiger partial charge is 0.280 e. The van der Waals surface area contributed by atoms with Gasteiger partial charge in [-0.15, -0.1) is 0 Å². The lowest BCUT2D eigenvalue weighted by atomic mass is 10.2. The van der Waals surface area contributed by atoms with Crippen molar-refractivity contribution in [1.82, 2.24) is 20.2 Å². The highest BCUT2D eigenvalue weighted by Gasteiger charge is 2.21. The maximum Gasteiger partial charge on any atom is 0.280 e. The summed E-state index contributed by atoms with van der Waals surface area (Å²) in [5.74, 6) is 0.305. The molecule has 2 heterocycles. The number of hydrogen-bond donors (Lipinski definition) is 2. The molecule has 1 fully saturated rings. The third kappa shape index (κ3) is 2.91. The number of piperazine rings is 1. The maximum atomic E-state index is 12.6. The van der Waals surface area contributed by atoms with E-state index in [9.17, 15) is 13.6 Å². The molecule has 0 amide bonds. The van der Waals surface area contributed by atoms with E-state index >= 15 is 0 Å². The van der Waals surface area contributed by atoms with E-state index < -0.39 is 17.7 Å². The Morgan fingerprint density at radius 2 is 2.06 bits per heavy atom. The van der Waals surface area contributed by atoms with E-state index in [1.54, 1.807) is 0 Å². The lowest BCUT2D eigenvalue weighted by Crippen LogP contribution is -2.45. The molecule has 1 saturated heterocycles. The molecule has 5 nitrogen and oxygen atoms in total. The van der Waals surface area contributed by atoms with Gasteiger partial charge < -0.3 is 10.3 Å². The fourth-order valence-corrected chi connectivity index (χ4v) is 2.05. The van der Waals surface area contributed by atoms with E-state index in [4.69, 9.17) is 0 Å². The maximum absolute atomic E-state index is 12.6. The fraction of sp³-hybridized carbons (Fsp3) is 0.636. The van der Waals surface area contributed by atoms with Crippen molar-refractivity contribution in [1.29, 1.82) is 0 Å². The van der Waals surface area contributed by atoms with Crippen LogP contribution in [0.4, 0.5) is 8.78 Å². The average Bonchev–Trinajstić information content (AvgIpc) is 2.38. The van der Waals surface area contributed by atoms with Gasteiger partial charge in [0.1, 0.15) is 11.5 Å². The van der Waals surface area contributed by atoms with Crippen LogP contribution in [0.5, 0.6) is 0 Å². The van der Waals surface area contributed by atoms with Gasteiger partial charge in [-0.1, -0.05) is 0 Å². The number of alkyl halides is 2. The number of H-pyrrole nitrogens is 1.